The molecule has 1 aliphatic rings. The Kier molecular flexibility index (Phi) is 6.15. The Balaban J connectivity index is 2.07. The highest BCUT2D eigenvalue weighted by Gasteiger charge is 2.27. The molecule has 2 atom stereocenters. The molecule has 116 valence electrons. The minimum atomic E-state index is 0.281. The molecule has 0 bridgehead atoms. The Morgan fingerprint density at radius 3 is 2.76 bits per heavy atom. The van der Waals surface area contributed by atoms with Gasteiger partial charge in [0.2, 0.25) is 0 Å². The molecule has 3 nitrogen and oxygen atoms in total. The van der Waals surface area contributed by atoms with Gasteiger partial charge in [0.1, 0.15) is 0 Å². The number of likely N-dealkylation sites (tertiary alicyclic amines) is 1. The van der Waals surface area contributed by atoms with Crippen molar-refractivity contribution < 1.29 is 0 Å². The Labute approximate surface area is 134 Å². The molecule has 21 heavy (non-hydrogen) atoms. The molecule has 0 amide bonds. The SMILES string of the molecule is CCN1CCCC1CN(C)C(CC(N)=S)c1ccccc1. The monoisotopic (exact) mass is 305 g/mol. The summed E-state index contributed by atoms with van der Waals surface area (Å²) in [5, 5.41) is 0. The van der Waals surface area contributed by atoms with Gasteiger partial charge in [-0.25, -0.2) is 0 Å². The van der Waals surface area contributed by atoms with Crippen LogP contribution in [0.1, 0.15) is 37.8 Å². The van der Waals surface area contributed by atoms with E-state index in [0.29, 0.717) is 11.0 Å². The molecule has 0 aromatic heterocycles. The number of rotatable bonds is 7. The largest absolute Gasteiger partial charge is 0.393 e. The van der Waals surface area contributed by atoms with Crippen molar-refractivity contribution in [3.63, 3.8) is 0 Å². The molecular weight excluding hydrogens is 278 g/mol. The lowest BCUT2D eigenvalue weighted by Gasteiger charge is -2.33. The lowest BCUT2D eigenvalue weighted by atomic mass is 10.0. The molecule has 0 aliphatic carbocycles. The van der Waals surface area contributed by atoms with Crippen molar-refractivity contribution in [1.29, 1.82) is 0 Å². The van der Waals surface area contributed by atoms with Crippen molar-refractivity contribution in [2.24, 2.45) is 5.73 Å². The summed E-state index contributed by atoms with van der Waals surface area (Å²) < 4.78 is 0. The third-order valence-corrected chi connectivity index (χ3v) is 4.68. The fraction of sp³-hybridized carbons (Fsp3) is 0.588. The summed E-state index contributed by atoms with van der Waals surface area (Å²) in [7, 11) is 2.20. The van der Waals surface area contributed by atoms with Crippen LogP contribution in [0.5, 0.6) is 0 Å². The van der Waals surface area contributed by atoms with E-state index in [2.05, 4.69) is 54.1 Å². The first-order valence-electron chi connectivity index (χ1n) is 7.89. The molecule has 1 aromatic carbocycles. The second-order valence-electron chi connectivity index (χ2n) is 5.96. The molecule has 2 rings (SSSR count). The first-order valence-corrected chi connectivity index (χ1v) is 8.30. The zero-order chi connectivity index (χ0) is 15.2. The van der Waals surface area contributed by atoms with Crippen LogP contribution in [0, 0.1) is 0 Å². The molecular formula is C17H27N3S. The molecule has 1 fully saturated rings. The predicted molar refractivity (Wildman–Crippen MR) is 93.5 cm³/mol. The summed E-state index contributed by atoms with van der Waals surface area (Å²) in [4.78, 5) is 5.60. The van der Waals surface area contributed by atoms with Gasteiger partial charge in [-0.15, -0.1) is 0 Å². The van der Waals surface area contributed by atoms with E-state index in [1.807, 2.05) is 0 Å². The zero-order valence-electron chi connectivity index (χ0n) is 13.2. The molecule has 2 unspecified atom stereocenters. The summed E-state index contributed by atoms with van der Waals surface area (Å²) in [5.74, 6) is 0. The second kappa shape index (κ2) is 7.87. The van der Waals surface area contributed by atoms with Crippen molar-refractivity contribution in [3.8, 4) is 0 Å². The first-order chi connectivity index (χ1) is 10.1. The second-order valence-corrected chi connectivity index (χ2v) is 6.49. The highest BCUT2D eigenvalue weighted by Crippen LogP contribution is 2.26. The van der Waals surface area contributed by atoms with Gasteiger partial charge < -0.3 is 5.73 Å². The molecule has 0 saturated carbocycles. The van der Waals surface area contributed by atoms with Crippen LogP contribution in [0.4, 0.5) is 0 Å². The van der Waals surface area contributed by atoms with Gasteiger partial charge in [-0.3, -0.25) is 9.80 Å². The van der Waals surface area contributed by atoms with Crippen LogP contribution in [0.15, 0.2) is 30.3 Å². The lowest BCUT2D eigenvalue weighted by molar-refractivity contribution is 0.165. The highest BCUT2D eigenvalue weighted by molar-refractivity contribution is 7.80. The minimum absolute atomic E-state index is 0.281. The molecule has 1 aromatic rings. The first kappa shape index (κ1) is 16.4. The van der Waals surface area contributed by atoms with Crippen LogP contribution in [-0.4, -0.2) is 47.5 Å². The van der Waals surface area contributed by atoms with Crippen LogP contribution in [0.25, 0.3) is 0 Å². The van der Waals surface area contributed by atoms with Gasteiger partial charge in [-0.2, -0.15) is 0 Å². The molecule has 2 N–H and O–H groups in total. The van der Waals surface area contributed by atoms with E-state index in [9.17, 15) is 0 Å². The zero-order valence-corrected chi connectivity index (χ0v) is 14.0. The topological polar surface area (TPSA) is 32.5 Å². The minimum Gasteiger partial charge on any atom is -0.393 e. The normalized spacial score (nSPS) is 20.8. The number of nitrogens with zero attached hydrogens (tertiary/aromatic N) is 2. The molecule has 1 aliphatic heterocycles. The molecule has 1 heterocycles. The maximum atomic E-state index is 5.82. The fourth-order valence-corrected chi connectivity index (χ4v) is 3.53. The Bertz CT molecular complexity index is 449. The Morgan fingerprint density at radius 2 is 2.14 bits per heavy atom. The van der Waals surface area contributed by atoms with Gasteiger partial charge in [-0.1, -0.05) is 49.5 Å². The van der Waals surface area contributed by atoms with Crippen LogP contribution in [0.3, 0.4) is 0 Å². The maximum absolute atomic E-state index is 5.82. The van der Waals surface area contributed by atoms with Crippen molar-refractivity contribution in [2.75, 3.05) is 26.7 Å². The smallest absolute Gasteiger partial charge is 0.0746 e. The average molecular weight is 305 g/mol. The third kappa shape index (κ3) is 4.50. The summed E-state index contributed by atoms with van der Waals surface area (Å²) in [6.45, 7) is 5.71. The molecule has 4 heteroatoms. The number of thiocarbonyl (C=S) groups is 1. The number of hydrogen-bond acceptors (Lipinski definition) is 3. The quantitative estimate of drug-likeness (QED) is 0.785. The summed E-state index contributed by atoms with van der Waals surface area (Å²) >= 11 is 5.16. The van der Waals surface area contributed by atoms with Gasteiger partial charge in [0, 0.05) is 25.0 Å². The number of nitrogens with two attached hydrogens (primary N) is 1. The van der Waals surface area contributed by atoms with E-state index in [1.54, 1.807) is 0 Å². The van der Waals surface area contributed by atoms with E-state index >= 15 is 0 Å². The van der Waals surface area contributed by atoms with E-state index in [1.165, 1.54) is 24.9 Å². The lowest BCUT2D eigenvalue weighted by Crippen LogP contribution is -2.40. The highest BCUT2D eigenvalue weighted by atomic mass is 32.1. The fourth-order valence-electron chi connectivity index (χ4n) is 3.37. The van der Waals surface area contributed by atoms with Gasteiger partial charge in [0.05, 0.1) is 4.99 Å². The Morgan fingerprint density at radius 1 is 1.43 bits per heavy atom. The average Bonchev–Trinajstić information content (AvgIpc) is 2.92. The summed E-state index contributed by atoms with van der Waals surface area (Å²) in [5.41, 5.74) is 7.12. The number of hydrogen-bond donors (Lipinski definition) is 1. The predicted octanol–water partition coefficient (Wildman–Crippen LogP) is 2.82. The van der Waals surface area contributed by atoms with Gasteiger partial charge in [0.15, 0.2) is 0 Å². The molecule has 1 saturated heterocycles. The van der Waals surface area contributed by atoms with Gasteiger partial charge in [-0.05, 0) is 38.5 Å². The van der Waals surface area contributed by atoms with Crippen LogP contribution >= 0.6 is 12.2 Å². The van der Waals surface area contributed by atoms with Crippen molar-refractivity contribution >= 4 is 17.2 Å². The van der Waals surface area contributed by atoms with Crippen LogP contribution in [-0.2, 0) is 0 Å². The number of likely N-dealkylation sites (N-methyl/N-ethyl adjacent to an activating group) is 2. The summed E-state index contributed by atoms with van der Waals surface area (Å²) in [6, 6.07) is 11.5. The van der Waals surface area contributed by atoms with Gasteiger partial charge in [0.25, 0.3) is 0 Å². The van der Waals surface area contributed by atoms with E-state index < -0.39 is 0 Å². The summed E-state index contributed by atoms with van der Waals surface area (Å²) in [6.07, 6.45) is 3.36. The van der Waals surface area contributed by atoms with Crippen molar-refractivity contribution in [2.45, 2.75) is 38.3 Å². The standard InChI is InChI=1S/C17H27N3S/c1-3-20-11-7-10-15(20)13-19(2)16(12-17(18)21)14-8-5-4-6-9-14/h4-6,8-9,15-16H,3,7,10-13H2,1-2H3,(H2,18,21). The van der Waals surface area contributed by atoms with Gasteiger partial charge >= 0.3 is 0 Å². The van der Waals surface area contributed by atoms with E-state index in [4.69, 9.17) is 18.0 Å². The van der Waals surface area contributed by atoms with E-state index in [-0.39, 0.29) is 6.04 Å². The molecule has 0 radical (unpaired) electrons. The maximum Gasteiger partial charge on any atom is 0.0746 e. The van der Waals surface area contributed by atoms with E-state index in [0.717, 1.165) is 19.5 Å². The Hall–Kier alpha value is -0.970. The van der Waals surface area contributed by atoms with Crippen LogP contribution in [0.2, 0.25) is 0 Å². The number of benzene rings is 1. The van der Waals surface area contributed by atoms with Crippen molar-refractivity contribution in [3.05, 3.63) is 35.9 Å². The van der Waals surface area contributed by atoms with Crippen molar-refractivity contribution in [1.82, 2.24) is 9.80 Å². The third-order valence-electron chi connectivity index (χ3n) is 4.51. The van der Waals surface area contributed by atoms with Crippen LogP contribution < -0.4 is 5.73 Å². The molecule has 0 spiro atoms.